The number of nitrogens with one attached hydrogen (secondary N) is 1. The van der Waals surface area contributed by atoms with Crippen LogP contribution in [0.1, 0.15) is 35.4 Å². The lowest BCUT2D eigenvalue weighted by Gasteiger charge is -2.22. The Morgan fingerprint density at radius 2 is 2.09 bits per heavy atom. The molecule has 0 unspecified atom stereocenters. The molecule has 23 heavy (non-hydrogen) atoms. The molecule has 1 fully saturated rings. The molecule has 3 rings (SSSR count). The van der Waals surface area contributed by atoms with Gasteiger partial charge in [0.2, 0.25) is 10.0 Å². The second-order valence-corrected chi connectivity index (χ2v) is 7.52. The van der Waals surface area contributed by atoms with Gasteiger partial charge in [0.1, 0.15) is 5.58 Å². The molecular weight excluding hydrogens is 318 g/mol. The minimum Gasteiger partial charge on any atom is -0.451 e. The molecule has 124 valence electrons. The number of carbonyl (C=O) groups is 1. The molecule has 0 bridgehead atoms. The number of carbonyl (C=O) groups excluding carboxylic acids is 1. The first-order chi connectivity index (χ1) is 11.0. The van der Waals surface area contributed by atoms with Crippen molar-refractivity contribution < 1.29 is 22.4 Å². The van der Waals surface area contributed by atoms with Gasteiger partial charge in [-0.25, -0.2) is 13.1 Å². The number of rotatable bonds is 4. The third-order valence-corrected chi connectivity index (χ3v) is 5.28. The van der Waals surface area contributed by atoms with Crippen molar-refractivity contribution in [3.8, 4) is 0 Å². The minimum atomic E-state index is -3.77. The molecule has 0 spiro atoms. The van der Waals surface area contributed by atoms with Gasteiger partial charge in [0.25, 0.3) is 0 Å². The molecular formula is C16H19NO5S. The van der Waals surface area contributed by atoms with Gasteiger partial charge in [-0.2, -0.15) is 0 Å². The number of benzene rings is 1. The monoisotopic (exact) mass is 337 g/mol. The summed E-state index contributed by atoms with van der Waals surface area (Å²) in [4.78, 5) is 12.3. The molecule has 1 aromatic heterocycles. The molecule has 1 N–H and O–H groups in total. The van der Waals surface area contributed by atoms with Crippen LogP contribution in [0.25, 0.3) is 11.0 Å². The molecule has 1 aliphatic heterocycles. The van der Waals surface area contributed by atoms with Crippen molar-refractivity contribution in [2.45, 2.75) is 32.3 Å². The highest BCUT2D eigenvalue weighted by atomic mass is 32.2. The molecule has 1 aromatic carbocycles. The van der Waals surface area contributed by atoms with Crippen molar-refractivity contribution in [3.63, 3.8) is 0 Å². The number of hydrogen-bond donors (Lipinski definition) is 1. The molecule has 0 radical (unpaired) electrons. The van der Waals surface area contributed by atoms with E-state index in [1.165, 1.54) is 0 Å². The number of aryl methyl sites for hydroxylation is 1. The van der Waals surface area contributed by atoms with Gasteiger partial charge in [0, 0.05) is 17.6 Å². The largest absolute Gasteiger partial charge is 0.451 e. The molecule has 2 heterocycles. The summed E-state index contributed by atoms with van der Waals surface area (Å²) >= 11 is 0. The second kappa shape index (κ2) is 6.33. The standard InChI is InChI=1S/C16H19NO5S/c1-11-13-7-2-3-8-14(13)22-15(11)16(18)17-23(19,20)10-12-6-4-5-9-21-12/h2-3,7-8,12H,4-6,9-10H2,1H3,(H,17,18)/t12-/m0/s1. The number of sulfonamides is 1. The predicted molar refractivity (Wildman–Crippen MR) is 85.8 cm³/mol. The van der Waals surface area contributed by atoms with E-state index in [0.29, 0.717) is 24.2 Å². The predicted octanol–water partition coefficient (Wildman–Crippen LogP) is 2.37. The topological polar surface area (TPSA) is 85.6 Å². The first-order valence-corrected chi connectivity index (χ1v) is 9.26. The number of amides is 1. The van der Waals surface area contributed by atoms with Crippen LogP contribution < -0.4 is 4.72 Å². The van der Waals surface area contributed by atoms with Crippen molar-refractivity contribution in [1.82, 2.24) is 4.72 Å². The average molecular weight is 337 g/mol. The number of furan rings is 1. The van der Waals surface area contributed by atoms with E-state index in [9.17, 15) is 13.2 Å². The van der Waals surface area contributed by atoms with E-state index in [2.05, 4.69) is 4.72 Å². The molecule has 0 saturated carbocycles. The molecule has 1 aliphatic rings. The van der Waals surface area contributed by atoms with Gasteiger partial charge in [-0.05, 0) is 32.3 Å². The zero-order chi connectivity index (χ0) is 16.4. The van der Waals surface area contributed by atoms with E-state index >= 15 is 0 Å². The van der Waals surface area contributed by atoms with E-state index in [0.717, 1.165) is 18.2 Å². The van der Waals surface area contributed by atoms with Crippen LogP contribution in [0.4, 0.5) is 0 Å². The Bertz CT molecular complexity index is 818. The quantitative estimate of drug-likeness (QED) is 0.926. The Balaban J connectivity index is 1.75. The second-order valence-electron chi connectivity index (χ2n) is 5.75. The Kier molecular flexibility index (Phi) is 4.41. The Hall–Kier alpha value is -1.86. The number of hydrogen-bond acceptors (Lipinski definition) is 5. The van der Waals surface area contributed by atoms with Gasteiger partial charge in [0.05, 0.1) is 11.9 Å². The number of ether oxygens (including phenoxy) is 1. The Morgan fingerprint density at radius 3 is 2.78 bits per heavy atom. The zero-order valence-electron chi connectivity index (χ0n) is 12.9. The summed E-state index contributed by atoms with van der Waals surface area (Å²) in [6.07, 6.45) is 2.22. The summed E-state index contributed by atoms with van der Waals surface area (Å²) in [6.45, 7) is 2.30. The number of fused-ring (bicyclic) bond motifs is 1. The zero-order valence-corrected chi connectivity index (χ0v) is 13.7. The third-order valence-electron chi connectivity index (χ3n) is 3.98. The summed E-state index contributed by atoms with van der Waals surface area (Å²) in [6, 6.07) is 7.20. The van der Waals surface area contributed by atoms with Crippen LogP contribution in [-0.2, 0) is 14.8 Å². The lowest BCUT2D eigenvalue weighted by Crippen LogP contribution is -2.38. The fourth-order valence-electron chi connectivity index (χ4n) is 2.80. The summed E-state index contributed by atoms with van der Waals surface area (Å²) in [5.74, 6) is -0.924. The summed E-state index contributed by atoms with van der Waals surface area (Å²) in [5, 5.41) is 0.797. The normalized spacial score (nSPS) is 18.9. The third kappa shape index (κ3) is 3.56. The highest BCUT2D eigenvalue weighted by Gasteiger charge is 2.26. The van der Waals surface area contributed by atoms with Gasteiger partial charge >= 0.3 is 5.91 Å². The van der Waals surface area contributed by atoms with Crippen molar-refractivity contribution >= 4 is 26.9 Å². The van der Waals surface area contributed by atoms with Crippen molar-refractivity contribution in [2.75, 3.05) is 12.4 Å². The number of para-hydroxylation sites is 1. The Labute approximate surface area is 134 Å². The van der Waals surface area contributed by atoms with Crippen LogP contribution in [0.2, 0.25) is 0 Å². The fourth-order valence-corrected chi connectivity index (χ4v) is 4.01. The summed E-state index contributed by atoms with van der Waals surface area (Å²) < 4.78 is 37.3. The lowest BCUT2D eigenvalue weighted by atomic mass is 10.1. The summed E-state index contributed by atoms with van der Waals surface area (Å²) in [5.41, 5.74) is 1.19. The van der Waals surface area contributed by atoms with E-state index < -0.39 is 15.9 Å². The first kappa shape index (κ1) is 16.0. The van der Waals surface area contributed by atoms with Crippen LogP contribution in [0.3, 0.4) is 0 Å². The highest BCUT2D eigenvalue weighted by Crippen LogP contribution is 2.25. The van der Waals surface area contributed by atoms with Crippen molar-refractivity contribution in [3.05, 3.63) is 35.6 Å². The van der Waals surface area contributed by atoms with E-state index in [-0.39, 0.29) is 17.6 Å². The van der Waals surface area contributed by atoms with E-state index in [1.807, 2.05) is 12.1 Å². The van der Waals surface area contributed by atoms with Crippen LogP contribution in [0.5, 0.6) is 0 Å². The lowest BCUT2D eigenvalue weighted by molar-refractivity contribution is 0.0304. The molecule has 1 atom stereocenters. The van der Waals surface area contributed by atoms with E-state index in [4.69, 9.17) is 9.15 Å². The fraction of sp³-hybridized carbons (Fsp3) is 0.438. The van der Waals surface area contributed by atoms with Crippen LogP contribution >= 0.6 is 0 Å². The van der Waals surface area contributed by atoms with Gasteiger partial charge in [0.15, 0.2) is 5.76 Å². The van der Waals surface area contributed by atoms with Crippen molar-refractivity contribution in [2.24, 2.45) is 0 Å². The van der Waals surface area contributed by atoms with Crippen molar-refractivity contribution in [1.29, 1.82) is 0 Å². The maximum absolute atomic E-state index is 12.3. The maximum atomic E-state index is 12.3. The van der Waals surface area contributed by atoms with Crippen LogP contribution in [0, 0.1) is 6.92 Å². The molecule has 0 aliphatic carbocycles. The van der Waals surface area contributed by atoms with Crippen LogP contribution in [-0.4, -0.2) is 32.8 Å². The molecule has 6 nitrogen and oxygen atoms in total. The van der Waals surface area contributed by atoms with Gasteiger partial charge in [-0.15, -0.1) is 0 Å². The Morgan fingerprint density at radius 1 is 1.30 bits per heavy atom. The smallest absolute Gasteiger partial charge is 0.300 e. The molecule has 2 aromatic rings. The van der Waals surface area contributed by atoms with E-state index in [1.54, 1.807) is 19.1 Å². The first-order valence-electron chi connectivity index (χ1n) is 7.61. The van der Waals surface area contributed by atoms with Gasteiger partial charge in [-0.1, -0.05) is 18.2 Å². The molecule has 7 heteroatoms. The molecule has 1 saturated heterocycles. The summed E-state index contributed by atoms with van der Waals surface area (Å²) in [7, 11) is -3.77. The van der Waals surface area contributed by atoms with Gasteiger partial charge in [-0.3, -0.25) is 4.79 Å². The molecule has 1 amide bonds. The highest BCUT2D eigenvalue weighted by molar-refractivity contribution is 7.90. The minimum absolute atomic E-state index is 0.0272. The SMILES string of the molecule is Cc1c(C(=O)NS(=O)(=O)C[C@@H]2CCCCO2)oc2ccccc12. The average Bonchev–Trinajstić information content (AvgIpc) is 2.85. The maximum Gasteiger partial charge on any atom is 0.300 e. The van der Waals surface area contributed by atoms with Crippen LogP contribution in [0.15, 0.2) is 28.7 Å². The van der Waals surface area contributed by atoms with Gasteiger partial charge < -0.3 is 9.15 Å².